The molecule has 2 aliphatic carbocycles. The van der Waals surface area contributed by atoms with Gasteiger partial charge in [0.25, 0.3) is 5.91 Å². The summed E-state index contributed by atoms with van der Waals surface area (Å²) in [5.41, 5.74) is 2.38. The molecule has 6 nitrogen and oxygen atoms in total. The summed E-state index contributed by atoms with van der Waals surface area (Å²) < 4.78 is 5.21. The molecule has 2 aromatic rings. The zero-order valence-electron chi connectivity index (χ0n) is 16.0. The molecule has 146 valence electrons. The van der Waals surface area contributed by atoms with Crippen molar-refractivity contribution in [1.29, 1.82) is 0 Å². The van der Waals surface area contributed by atoms with E-state index in [4.69, 9.17) is 4.74 Å². The molecule has 2 N–H and O–H groups in total. The summed E-state index contributed by atoms with van der Waals surface area (Å²) in [5.74, 6) is 0.680. The lowest BCUT2D eigenvalue weighted by molar-refractivity contribution is 0.0951. The van der Waals surface area contributed by atoms with E-state index in [-0.39, 0.29) is 18.0 Å². The molecule has 0 aromatic heterocycles. The second-order valence-electron chi connectivity index (χ2n) is 7.47. The van der Waals surface area contributed by atoms with Gasteiger partial charge in [-0.1, -0.05) is 18.2 Å². The lowest BCUT2D eigenvalue weighted by atomic mass is 10.1. The maximum Gasteiger partial charge on any atom is 0.322 e. The summed E-state index contributed by atoms with van der Waals surface area (Å²) in [6.07, 6.45) is 4.19. The number of nitrogens with zero attached hydrogens (tertiary/aromatic N) is 1. The van der Waals surface area contributed by atoms with E-state index in [1.165, 1.54) is 0 Å². The van der Waals surface area contributed by atoms with E-state index in [1.807, 2.05) is 47.4 Å². The van der Waals surface area contributed by atoms with E-state index in [1.54, 1.807) is 13.2 Å². The molecular weight excluding hydrogens is 354 g/mol. The summed E-state index contributed by atoms with van der Waals surface area (Å²) in [5, 5.41) is 5.95. The zero-order chi connectivity index (χ0) is 19.5. The highest BCUT2D eigenvalue weighted by atomic mass is 16.5. The van der Waals surface area contributed by atoms with Crippen molar-refractivity contribution in [3.8, 4) is 5.75 Å². The van der Waals surface area contributed by atoms with E-state index >= 15 is 0 Å². The number of carbonyl (C=O) groups excluding carboxylic acids is 2. The van der Waals surface area contributed by atoms with Crippen LogP contribution in [0.4, 0.5) is 10.5 Å². The Kier molecular flexibility index (Phi) is 5.19. The van der Waals surface area contributed by atoms with E-state index in [9.17, 15) is 9.59 Å². The number of amides is 3. The second-order valence-corrected chi connectivity index (χ2v) is 7.47. The Morgan fingerprint density at radius 3 is 2.46 bits per heavy atom. The largest absolute Gasteiger partial charge is 0.497 e. The van der Waals surface area contributed by atoms with Crippen molar-refractivity contribution >= 4 is 17.6 Å². The van der Waals surface area contributed by atoms with Crippen molar-refractivity contribution in [3.63, 3.8) is 0 Å². The third kappa shape index (κ3) is 4.63. The third-order valence-corrected chi connectivity index (χ3v) is 5.05. The first-order chi connectivity index (χ1) is 13.6. The number of anilines is 1. The van der Waals surface area contributed by atoms with Crippen molar-refractivity contribution in [2.45, 2.75) is 44.3 Å². The van der Waals surface area contributed by atoms with E-state index in [0.717, 1.165) is 31.2 Å². The van der Waals surface area contributed by atoms with Crippen LogP contribution in [-0.4, -0.2) is 36.0 Å². The topological polar surface area (TPSA) is 70.7 Å². The number of urea groups is 1. The first-order valence-electron chi connectivity index (χ1n) is 9.74. The fourth-order valence-electron chi connectivity index (χ4n) is 3.10. The van der Waals surface area contributed by atoms with Crippen LogP contribution in [0.15, 0.2) is 48.5 Å². The van der Waals surface area contributed by atoms with Gasteiger partial charge in [-0.25, -0.2) is 4.79 Å². The van der Waals surface area contributed by atoms with Crippen LogP contribution in [0.25, 0.3) is 0 Å². The van der Waals surface area contributed by atoms with Gasteiger partial charge >= 0.3 is 6.03 Å². The van der Waals surface area contributed by atoms with Gasteiger partial charge in [0.15, 0.2) is 0 Å². The smallest absolute Gasteiger partial charge is 0.322 e. The normalized spacial score (nSPS) is 15.6. The van der Waals surface area contributed by atoms with Crippen LogP contribution < -0.4 is 15.4 Å². The van der Waals surface area contributed by atoms with Crippen molar-refractivity contribution in [1.82, 2.24) is 10.2 Å². The number of carbonyl (C=O) groups is 2. The van der Waals surface area contributed by atoms with E-state index in [0.29, 0.717) is 29.6 Å². The van der Waals surface area contributed by atoms with Gasteiger partial charge in [0.2, 0.25) is 0 Å². The molecule has 2 saturated carbocycles. The SMILES string of the molecule is COc1cccc(NC(=O)N(Cc2ccc(C(=O)NC3CC3)cc2)C2CC2)c1. The molecule has 3 amide bonds. The number of hydrogen-bond donors (Lipinski definition) is 2. The van der Waals surface area contributed by atoms with Gasteiger partial charge in [0.1, 0.15) is 5.75 Å². The Labute approximate surface area is 164 Å². The van der Waals surface area contributed by atoms with Gasteiger partial charge in [-0.15, -0.1) is 0 Å². The van der Waals surface area contributed by atoms with Gasteiger partial charge in [0, 0.05) is 35.9 Å². The summed E-state index contributed by atoms with van der Waals surface area (Å²) in [6, 6.07) is 15.3. The van der Waals surface area contributed by atoms with Crippen molar-refractivity contribution in [3.05, 3.63) is 59.7 Å². The molecule has 6 heteroatoms. The molecule has 0 aliphatic heterocycles. The first kappa shape index (κ1) is 18.3. The summed E-state index contributed by atoms with van der Waals surface area (Å²) in [7, 11) is 1.60. The van der Waals surface area contributed by atoms with Gasteiger partial charge < -0.3 is 20.3 Å². The molecule has 28 heavy (non-hydrogen) atoms. The highest BCUT2D eigenvalue weighted by Gasteiger charge is 2.32. The average Bonchev–Trinajstić information content (AvgIpc) is 3.61. The third-order valence-electron chi connectivity index (χ3n) is 5.05. The van der Waals surface area contributed by atoms with Crippen LogP contribution in [0.2, 0.25) is 0 Å². The monoisotopic (exact) mass is 379 g/mol. The number of benzene rings is 2. The number of rotatable bonds is 7. The van der Waals surface area contributed by atoms with Crippen molar-refractivity contribution in [2.24, 2.45) is 0 Å². The van der Waals surface area contributed by atoms with Gasteiger partial charge in [-0.3, -0.25) is 4.79 Å². The highest BCUT2D eigenvalue weighted by Crippen LogP contribution is 2.29. The molecule has 0 radical (unpaired) electrons. The Morgan fingerprint density at radius 2 is 1.82 bits per heavy atom. The number of methoxy groups -OCH3 is 1. The van der Waals surface area contributed by atoms with Crippen molar-refractivity contribution < 1.29 is 14.3 Å². The zero-order valence-corrected chi connectivity index (χ0v) is 16.0. The predicted octanol–water partition coefficient (Wildman–Crippen LogP) is 3.78. The Hall–Kier alpha value is -3.02. The van der Waals surface area contributed by atoms with Gasteiger partial charge in [-0.2, -0.15) is 0 Å². The van der Waals surface area contributed by atoms with Crippen LogP contribution >= 0.6 is 0 Å². The first-order valence-corrected chi connectivity index (χ1v) is 9.74. The van der Waals surface area contributed by atoms with Crippen LogP contribution in [0.5, 0.6) is 5.75 Å². The minimum Gasteiger partial charge on any atom is -0.497 e. The Bertz CT molecular complexity index is 858. The molecule has 2 aliphatic rings. The standard InChI is InChI=1S/C22H25N3O3/c1-28-20-4-2-3-18(13-20)24-22(27)25(19-11-12-19)14-15-5-7-16(8-6-15)21(26)23-17-9-10-17/h2-8,13,17,19H,9-12,14H2,1H3,(H,23,26)(H,24,27). The fourth-order valence-corrected chi connectivity index (χ4v) is 3.10. The fraction of sp³-hybridized carbons (Fsp3) is 0.364. The quantitative estimate of drug-likeness (QED) is 0.769. The Balaban J connectivity index is 1.40. The molecule has 0 atom stereocenters. The number of hydrogen-bond acceptors (Lipinski definition) is 3. The van der Waals surface area contributed by atoms with E-state index < -0.39 is 0 Å². The highest BCUT2D eigenvalue weighted by molar-refractivity contribution is 5.94. The molecule has 0 heterocycles. The molecule has 0 bridgehead atoms. The van der Waals surface area contributed by atoms with Gasteiger partial charge in [-0.05, 0) is 55.5 Å². The molecule has 2 fully saturated rings. The van der Waals surface area contributed by atoms with Crippen LogP contribution in [0, 0.1) is 0 Å². The molecular formula is C22H25N3O3. The second kappa shape index (κ2) is 7.92. The minimum atomic E-state index is -0.119. The predicted molar refractivity (Wildman–Crippen MR) is 108 cm³/mol. The minimum absolute atomic E-state index is 0.0242. The lowest BCUT2D eigenvalue weighted by Gasteiger charge is -2.23. The number of ether oxygens (including phenoxy) is 1. The molecule has 4 rings (SSSR count). The molecule has 2 aromatic carbocycles. The average molecular weight is 379 g/mol. The maximum absolute atomic E-state index is 12.8. The summed E-state index contributed by atoms with van der Waals surface area (Å²) in [6.45, 7) is 0.519. The van der Waals surface area contributed by atoms with Crippen molar-refractivity contribution in [2.75, 3.05) is 12.4 Å². The lowest BCUT2D eigenvalue weighted by Crippen LogP contribution is -2.36. The number of nitrogens with one attached hydrogen (secondary N) is 2. The maximum atomic E-state index is 12.8. The molecule has 0 unspecified atom stereocenters. The van der Waals surface area contributed by atoms with Crippen LogP contribution in [0.1, 0.15) is 41.6 Å². The Morgan fingerprint density at radius 1 is 1.07 bits per heavy atom. The van der Waals surface area contributed by atoms with Gasteiger partial charge in [0.05, 0.1) is 7.11 Å². The summed E-state index contributed by atoms with van der Waals surface area (Å²) >= 11 is 0. The van der Waals surface area contributed by atoms with E-state index in [2.05, 4.69) is 10.6 Å². The molecule has 0 spiro atoms. The van der Waals surface area contributed by atoms with Crippen LogP contribution in [0.3, 0.4) is 0 Å². The summed E-state index contributed by atoms with van der Waals surface area (Å²) in [4.78, 5) is 26.8. The molecule has 0 saturated heterocycles. The van der Waals surface area contributed by atoms with Crippen LogP contribution in [-0.2, 0) is 6.54 Å².